The molecular formula is C28H32N8O4. The molecule has 0 radical (unpaired) electrons. The van der Waals surface area contributed by atoms with Crippen molar-refractivity contribution in [2.75, 3.05) is 22.9 Å². The van der Waals surface area contributed by atoms with Crippen molar-refractivity contribution >= 4 is 46.4 Å². The van der Waals surface area contributed by atoms with Gasteiger partial charge in [0.2, 0.25) is 0 Å². The minimum atomic E-state index is -0.488. The largest absolute Gasteiger partial charge is 0.398 e. The summed E-state index contributed by atoms with van der Waals surface area (Å²) in [5.41, 5.74) is 44.9. The SMILES string of the molecule is NC(=O)c1ccccc1N.NC(=O)c1ccccc1N.NC(=O)c1ccccc1N.NC(=O)c1ccccc1N. The molecule has 0 unspecified atom stereocenters. The molecule has 40 heavy (non-hydrogen) atoms. The number of para-hydroxylation sites is 4. The molecule has 0 bridgehead atoms. The molecule has 16 N–H and O–H groups in total. The highest BCUT2D eigenvalue weighted by molar-refractivity contribution is 5.99. The molecule has 12 nitrogen and oxygen atoms in total. The van der Waals surface area contributed by atoms with Gasteiger partial charge in [0, 0.05) is 22.7 Å². The summed E-state index contributed by atoms with van der Waals surface area (Å²) < 4.78 is 0. The van der Waals surface area contributed by atoms with Gasteiger partial charge < -0.3 is 45.9 Å². The fourth-order valence-electron chi connectivity index (χ4n) is 2.89. The third-order valence-corrected chi connectivity index (χ3v) is 4.90. The molecule has 0 atom stereocenters. The molecule has 0 saturated heterocycles. The first-order valence-electron chi connectivity index (χ1n) is 11.4. The molecule has 4 aromatic carbocycles. The summed E-state index contributed by atoms with van der Waals surface area (Å²) in [7, 11) is 0. The first-order valence-corrected chi connectivity index (χ1v) is 11.4. The molecular weight excluding hydrogens is 512 g/mol. The van der Waals surface area contributed by atoms with Crippen molar-refractivity contribution in [3.8, 4) is 0 Å². The van der Waals surface area contributed by atoms with Crippen LogP contribution in [0.5, 0.6) is 0 Å². The highest BCUT2D eigenvalue weighted by atomic mass is 16.2. The van der Waals surface area contributed by atoms with E-state index in [0.29, 0.717) is 45.0 Å². The van der Waals surface area contributed by atoms with Crippen LogP contribution < -0.4 is 45.9 Å². The van der Waals surface area contributed by atoms with Crippen molar-refractivity contribution in [1.29, 1.82) is 0 Å². The summed E-state index contributed by atoms with van der Waals surface area (Å²) in [4.78, 5) is 42.3. The Morgan fingerprint density at radius 2 is 0.475 bits per heavy atom. The van der Waals surface area contributed by atoms with E-state index in [9.17, 15) is 19.2 Å². The quantitative estimate of drug-likeness (QED) is 0.174. The van der Waals surface area contributed by atoms with Crippen LogP contribution in [0.15, 0.2) is 97.1 Å². The van der Waals surface area contributed by atoms with E-state index in [1.54, 1.807) is 97.1 Å². The molecule has 0 fully saturated rings. The highest BCUT2D eigenvalue weighted by Crippen LogP contribution is 2.10. The van der Waals surface area contributed by atoms with Crippen LogP contribution in [0.25, 0.3) is 0 Å². The van der Waals surface area contributed by atoms with E-state index in [1.807, 2.05) is 0 Å². The van der Waals surface area contributed by atoms with Gasteiger partial charge >= 0.3 is 0 Å². The van der Waals surface area contributed by atoms with Gasteiger partial charge in [-0.15, -0.1) is 0 Å². The van der Waals surface area contributed by atoms with Gasteiger partial charge in [-0.3, -0.25) is 19.2 Å². The maximum atomic E-state index is 10.6. The van der Waals surface area contributed by atoms with Gasteiger partial charge in [0.25, 0.3) is 23.6 Å². The van der Waals surface area contributed by atoms with E-state index in [4.69, 9.17) is 45.9 Å². The summed E-state index contributed by atoms with van der Waals surface area (Å²) >= 11 is 0. The predicted octanol–water partition coefficient (Wildman–Crippen LogP) is 1.47. The van der Waals surface area contributed by atoms with Gasteiger partial charge in [-0.1, -0.05) is 48.5 Å². The van der Waals surface area contributed by atoms with E-state index >= 15 is 0 Å². The maximum absolute atomic E-state index is 10.6. The van der Waals surface area contributed by atoms with Gasteiger partial charge in [0.1, 0.15) is 0 Å². The first kappa shape index (κ1) is 32.0. The molecule has 0 aliphatic heterocycles. The zero-order valence-electron chi connectivity index (χ0n) is 21.5. The lowest BCUT2D eigenvalue weighted by Gasteiger charge is -1.97. The predicted molar refractivity (Wildman–Crippen MR) is 157 cm³/mol. The summed E-state index contributed by atoms with van der Waals surface area (Å²) in [5.74, 6) is -1.95. The Hall–Kier alpha value is -6.04. The van der Waals surface area contributed by atoms with Crippen LogP contribution in [-0.2, 0) is 0 Å². The van der Waals surface area contributed by atoms with Crippen LogP contribution in [0.4, 0.5) is 22.7 Å². The monoisotopic (exact) mass is 544 g/mol. The molecule has 208 valence electrons. The molecule has 0 spiro atoms. The number of primary amides is 4. The topological polar surface area (TPSA) is 276 Å². The Morgan fingerprint density at radius 1 is 0.325 bits per heavy atom. The second kappa shape index (κ2) is 15.9. The number of hydrogen-bond acceptors (Lipinski definition) is 8. The molecule has 0 aromatic heterocycles. The Balaban J connectivity index is 0.000000267. The van der Waals surface area contributed by atoms with Crippen LogP contribution in [0.2, 0.25) is 0 Å². The minimum Gasteiger partial charge on any atom is -0.398 e. The third kappa shape index (κ3) is 10.5. The van der Waals surface area contributed by atoms with Gasteiger partial charge in [-0.25, -0.2) is 0 Å². The van der Waals surface area contributed by atoms with E-state index in [2.05, 4.69) is 0 Å². The fourth-order valence-corrected chi connectivity index (χ4v) is 2.89. The van der Waals surface area contributed by atoms with E-state index < -0.39 is 23.6 Å². The number of nitrogen functional groups attached to an aromatic ring is 4. The average Bonchev–Trinajstić information content (AvgIpc) is 2.90. The minimum absolute atomic E-state index is 0.377. The lowest BCUT2D eigenvalue weighted by atomic mass is 10.2. The number of benzene rings is 4. The van der Waals surface area contributed by atoms with Crippen molar-refractivity contribution in [3.05, 3.63) is 119 Å². The lowest BCUT2D eigenvalue weighted by molar-refractivity contribution is 0.0992. The van der Waals surface area contributed by atoms with Crippen molar-refractivity contribution in [3.63, 3.8) is 0 Å². The Morgan fingerprint density at radius 3 is 0.575 bits per heavy atom. The van der Waals surface area contributed by atoms with Gasteiger partial charge in [-0.05, 0) is 48.5 Å². The van der Waals surface area contributed by atoms with Crippen LogP contribution in [0.1, 0.15) is 41.4 Å². The van der Waals surface area contributed by atoms with Crippen molar-refractivity contribution in [1.82, 2.24) is 0 Å². The van der Waals surface area contributed by atoms with Crippen LogP contribution in [0, 0.1) is 0 Å². The maximum Gasteiger partial charge on any atom is 0.250 e. The second-order valence-electron chi connectivity index (χ2n) is 7.81. The molecule has 4 rings (SSSR count). The Bertz CT molecular complexity index is 1250. The van der Waals surface area contributed by atoms with Crippen molar-refractivity contribution in [2.24, 2.45) is 22.9 Å². The first-order chi connectivity index (χ1) is 18.9. The Labute approximate surface area is 230 Å². The van der Waals surface area contributed by atoms with Crippen molar-refractivity contribution < 1.29 is 19.2 Å². The fraction of sp³-hybridized carbons (Fsp3) is 0. The number of carbonyl (C=O) groups excluding carboxylic acids is 4. The molecule has 4 amide bonds. The average molecular weight is 545 g/mol. The summed E-state index contributed by atoms with van der Waals surface area (Å²) in [6.45, 7) is 0. The van der Waals surface area contributed by atoms with Gasteiger partial charge in [0.05, 0.1) is 22.3 Å². The zero-order valence-corrected chi connectivity index (χ0v) is 21.5. The highest BCUT2D eigenvalue weighted by Gasteiger charge is 2.03. The number of hydrogen-bond donors (Lipinski definition) is 8. The third-order valence-electron chi connectivity index (χ3n) is 4.90. The number of anilines is 4. The summed E-state index contributed by atoms with van der Waals surface area (Å²) in [6, 6.07) is 26.8. The molecule has 0 aliphatic carbocycles. The normalized spacial score (nSPS) is 9.20. The number of amides is 4. The standard InChI is InChI=1S/4C7H8N2O/c4*8-6-4-2-1-3-5(6)7(9)10/h4*1-4H,8H2,(H2,9,10). The lowest BCUT2D eigenvalue weighted by Crippen LogP contribution is -2.12. The summed E-state index contributed by atoms with van der Waals surface area (Å²) in [6.07, 6.45) is 0. The van der Waals surface area contributed by atoms with E-state index in [0.717, 1.165) is 0 Å². The van der Waals surface area contributed by atoms with Crippen LogP contribution in [-0.4, -0.2) is 23.6 Å². The van der Waals surface area contributed by atoms with E-state index in [1.165, 1.54) is 0 Å². The number of nitrogens with two attached hydrogens (primary N) is 8. The molecule has 0 saturated carbocycles. The number of rotatable bonds is 4. The van der Waals surface area contributed by atoms with E-state index in [-0.39, 0.29) is 0 Å². The van der Waals surface area contributed by atoms with Gasteiger partial charge in [-0.2, -0.15) is 0 Å². The van der Waals surface area contributed by atoms with Crippen LogP contribution >= 0.6 is 0 Å². The van der Waals surface area contributed by atoms with Crippen molar-refractivity contribution in [2.45, 2.75) is 0 Å². The molecule has 4 aromatic rings. The Kier molecular flexibility index (Phi) is 12.7. The molecule has 0 heterocycles. The smallest absolute Gasteiger partial charge is 0.250 e. The van der Waals surface area contributed by atoms with Gasteiger partial charge in [0.15, 0.2) is 0 Å². The van der Waals surface area contributed by atoms with Crippen LogP contribution in [0.3, 0.4) is 0 Å². The zero-order chi connectivity index (χ0) is 30.2. The second-order valence-corrected chi connectivity index (χ2v) is 7.81. The molecule has 0 aliphatic rings. The summed E-state index contributed by atoms with van der Waals surface area (Å²) in [5, 5.41) is 0. The number of carbonyl (C=O) groups is 4. The molecule has 12 heteroatoms.